The lowest BCUT2D eigenvalue weighted by atomic mass is 9.95. The molecule has 1 amide bonds. The van der Waals surface area contributed by atoms with Crippen LogP contribution in [0, 0.1) is 0 Å². The van der Waals surface area contributed by atoms with Gasteiger partial charge in [-0.05, 0) is 29.7 Å². The van der Waals surface area contributed by atoms with Crippen LogP contribution in [0.2, 0.25) is 5.02 Å². The Morgan fingerprint density at radius 2 is 1.64 bits per heavy atom. The van der Waals surface area contributed by atoms with Crippen molar-refractivity contribution in [3.05, 3.63) is 64.7 Å². The number of halogens is 1. The number of piperazine rings is 1. The van der Waals surface area contributed by atoms with Crippen LogP contribution in [0.15, 0.2) is 48.5 Å². The zero-order valence-electron chi connectivity index (χ0n) is 14.1. The van der Waals surface area contributed by atoms with E-state index in [4.69, 9.17) is 11.6 Å². The predicted molar refractivity (Wildman–Crippen MR) is 101 cm³/mol. The van der Waals surface area contributed by atoms with Crippen LogP contribution in [0.5, 0.6) is 0 Å². The minimum atomic E-state index is -0.109. The van der Waals surface area contributed by atoms with Gasteiger partial charge in [-0.1, -0.05) is 48.0 Å². The second-order valence-electron chi connectivity index (χ2n) is 6.67. The fraction of sp³-hybridized carbons (Fsp3) is 0.350. The number of nitrogens with zero attached hydrogens (tertiary/aromatic N) is 2. The number of amides is 1. The van der Waals surface area contributed by atoms with E-state index in [-0.39, 0.29) is 11.9 Å². The van der Waals surface area contributed by atoms with E-state index in [9.17, 15) is 4.79 Å². The van der Waals surface area contributed by atoms with Crippen molar-refractivity contribution in [3.8, 4) is 0 Å². The summed E-state index contributed by atoms with van der Waals surface area (Å²) in [6.45, 7) is 3.89. The Balaban J connectivity index is 1.38. The summed E-state index contributed by atoms with van der Waals surface area (Å²) in [7, 11) is 0. The molecule has 0 aromatic heterocycles. The van der Waals surface area contributed by atoms with Crippen molar-refractivity contribution in [2.24, 2.45) is 0 Å². The summed E-state index contributed by atoms with van der Waals surface area (Å²) in [5, 5.41) is 4.17. The molecule has 0 spiro atoms. The lowest BCUT2D eigenvalue weighted by Crippen LogP contribution is -2.55. The SMILES string of the molecule is O=C(C1Cc2ccccc2CN1)N1CCN(c2ccccc2Cl)CC1. The van der Waals surface area contributed by atoms with Gasteiger partial charge < -0.3 is 15.1 Å². The largest absolute Gasteiger partial charge is 0.367 e. The minimum Gasteiger partial charge on any atom is -0.367 e. The van der Waals surface area contributed by atoms with E-state index in [2.05, 4.69) is 28.4 Å². The van der Waals surface area contributed by atoms with E-state index < -0.39 is 0 Å². The molecule has 0 radical (unpaired) electrons. The van der Waals surface area contributed by atoms with Crippen molar-refractivity contribution in [2.75, 3.05) is 31.1 Å². The van der Waals surface area contributed by atoms with Gasteiger partial charge >= 0.3 is 0 Å². The number of hydrogen-bond donors (Lipinski definition) is 1. The predicted octanol–water partition coefficient (Wildman–Crippen LogP) is 2.70. The van der Waals surface area contributed by atoms with Gasteiger partial charge in [0.2, 0.25) is 5.91 Å². The van der Waals surface area contributed by atoms with Gasteiger partial charge in [0.15, 0.2) is 0 Å². The number of carbonyl (C=O) groups is 1. The number of benzene rings is 2. The van der Waals surface area contributed by atoms with Gasteiger partial charge in [0, 0.05) is 32.7 Å². The molecule has 0 aliphatic carbocycles. The molecule has 1 N–H and O–H groups in total. The number of hydrogen-bond acceptors (Lipinski definition) is 3. The monoisotopic (exact) mass is 355 g/mol. The molecule has 4 rings (SSSR count). The zero-order chi connectivity index (χ0) is 17.2. The molecule has 1 atom stereocenters. The summed E-state index contributed by atoms with van der Waals surface area (Å²) in [5.41, 5.74) is 3.64. The van der Waals surface area contributed by atoms with Crippen molar-refractivity contribution in [1.82, 2.24) is 10.2 Å². The van der Waals surface area contributed by atoms with E-state index in [1.54, 1.807) is 0 Å². The van der Waals surface area contributed by atoms with Gasteiger partial charge in [0.1, 0.15) is 0 Å². The number of fused-ring (bicyclic) bond motifs is 1. The second-order valence-corrected chi connectivity index (χ2v) is 7.08. The summed E-state index contributed by atoms with van der Waals surface area (Å²) in [4.78, 5) is 17.1. The Hall–Kier alpha value is -2.04. The lowest BCUT2D eigenvalue weighted by molar-refractivity contribution is -0.133. The van der Waals surface area contributed by atoms with Crippen molar-refractivity contribution in [3.63, 3.8) is 0 Å². The maximum atomic E-state index is 12.9. The first-order valence-electron chi connectivity index (χ1n) is 8.81. The van der Waals surface area contributed by atoms with Crippen LogP contribution in [0.25, 0.3) is 0 Å². The minimum absolute atomic E-state index is 0.109. The maximum Gasteiger partial charge on any atom is 0.240 e. The van der Waals surface area contributed by atoms with Crippen LogP contribution in [0.1, 0.15) is 11.1 Å². The van der Waals surface area contributed by atoms with Crippen LogP contribution in [0.4, 0.5) is 5.69 Å². The smallest absolute Gasteiger partial charge is 0.240 e. The molecule has 2 aromatic rings. The van der Waals surface area contributed by atoms with E-state index in [1.807, 2.05) is 35.2 Å². The first kappa shape index (κ1) is 16.4. The van der Waals surface area contributed by atoms with E-state index in [0.29, 0.717) is 0 Å². The normalized spacial score (nSPS) is 20.3. The molecule has 5 heteroatoms. The Kier molecular flexibility index (Phi) is 4.64. The zero-order valence-corrected chi connectivity index (χ0v) is 14.9. The fourth-order valence-electron chi connectivity index (χ4n) is 3.73. The van der Waals surface area contributed by atoms with Gasteiger partial charge in [-0.25, -0.2) is 0 Å². The third kappa shape index (κ3) is 3.37. The van der Waals surface area contributed by atoms with E-state index in [0.717, 1.165) is 49.9 Å². The molecule has 1 fully saturated rings. The molecule has 2 aromatic carbocycles. The first-order valence-corrected chi connectivity index (χ1v) is 9.18. The molecule has 2 aliphatic rings. The highest BCUT2D eigenvalue weighted by Crippen LogP contribution is 2.26. The Labute approximate surface area is 153 Å². The molecule has 0 bridgehead atoms. The van der Waals surface area contributed by atoms with Crippen LogP contribution < -0.4 is 10.2 Å². The summed E-state index contributed by atoms with van der Waals surface area (Å²) in [6.07, 6.45) is 0.778. The van der Waals surface area contributed by atoms with Gasteiger partial charge in [0.05, 0.1) is 16.8 Å². The van der Waals surface area contributed by atoms with Crippen LogP contribution in [-0.4, -0.2) is 43.0 Å². The van der Waals surface area contributed by atoms with Crippen molar-refractivity contribution >= 4 is 23.2 Å². The van der Waals surface area contributed by atoms with Crippen LogP contribution >= 0.6 is 11.6 Å². The van der Waals surface area contributed by atoms with Gasteiger partial charge in [-0.3, -0.25) is 4.79 Å². The second kappa shape index (κ2) is 7.06. The molecule has 1 unspecified atom stereocenters. The molecule has 2 heterocycles. The van der Waals surface area contributed by atoms with E-state index >= 15 is 0 Å². The first-order chi connectivity index (χ1) is 12.2. The molecule has 130 valence electrons. The van der Waals surface area contributed by atoms with Gasteiger partial charge in [-0.15, -0.1) is 0 Å². The number of para-hydroxylation sites is 1. The van der Waals surface area contributed by atoms with Crippen molar-refractivity contribution < 1.29 is 4.79 Å². The maximum absolute atomic E-state index is 12.9. The number of rotatable bonds is 2. The molecule has 25 heavy (non-hydrogen) atoms. The number of anilines is 1. The summed E-state index contributed by atoms with van der Waals surface area (Å²) < 4.78 is 0. The third-order valence-electron chi connectivity index (χ3n) is 5.16. The highest BCUT2D eigenvalue weighted by Gasteiger charge is 2.30. The summed E-state index contributed by atoms with van der Waals surface area (Å²) in [5.74, 6) is 0.216. The lowest BCUT2D eigenvalue weighted by Gasteiger charge is -2.38. The molecule has 1 saturated heterocycles. The summed E-state index contributed by atoms with van der Waals surface area (Å²) >= 11 is 6.29. The summed E-state index contributed by atoms with van der Waals surface area (Å²) in [6, 6.07) is 16.2. The molecule has 2 aliphatic heterocycles. The van der Waals surface area contributed by atoms with Gasteiger partial charge in [0.25, 0.3) is 0 Å². The average molecular weight is 356 g/mol. The Bertz CT molecular complexity index is 771. The van der Waals surface area contributed by atoms with E-state index in [1.165, 1.54) is 11.1 Å². The molecular weight excluding hydrogens is 334 g/mol. The highest BCUT2D eigenvalue weighted by molar-refractivity contribution is 6.33. The Morgan fingerprint density at radius 3 is 2.40 bits per heavy atom. The Morgan fingerprint density at radius 1 is 0.960 bits per heavy atom. The molecular formula is C20H22ClN3O. The quantitative estimate of drug-likeness (QED) is 0.899. The van der Waals surface area contributed by atoms with Crippen molar-refractivity contribution in [2.45, 2.75) is 19.0 Å². The fourth-order valence-corrected chi connectivity index (χ4v) is 3.98. The topological polar surface area (TPSA) is 35.6 Å². The van der Waals surface area contributed by atoms with Crippen LogP contribution in [-0.2, 0) is 17.8 Å². The number of nitrogens with one attached hydrogen (secondary N) is 1. The van der Waals surface area contributed by atoms with Gasteiger partial charge in [-0.2, -0.15) is 0 Å². The molecule has 4 nitrogen and oxygen atoms in total. The highest BCUT2D eigenvalue weighted by atomic mass is 35.5. The average Bonchev–Trinajstić information content (AvgIpc) is 2.67. The van der Waals surface area contributed by atoms with Crippen molar-refractivity contribution in [1.29, 1.82) is 0 Å². The van der Waals surface area contributed by atoms with Crippen LogP contribution in [0.3, 0.4) is 0 Å². The standard InChI is InChI=1S/C20H22ClN3O/c21-17-7-3-4-8-19(17)23-9-11-24(12-10-23)20(25)18-13-15-5-1-2-6-16(15)14-22-18/h1-8,18,22H,9-14H2. The molecule has 0 saturated carbocycles. The number of carbonyl (C=O) groups excluding carboxylic acids is 1. The third-order valence-corrected chi connectivity index (χ3v) is 5.48.